The summed E-state index contributed by atoms with van der Waals surface area (Å²) >= 11 is 0. The van der Waals surface area contributed by atoms with Gasteiger partial charge in [-0.2, -0.15) is 0 Å². The Morgan fingerprint density at radius 3 is 2.47 bits per heavy atom. The van der Waals surface area contributed by atoms with Crippen molar-refractivity contribution in [1.82, 2.24) is 9.97 Å². The molecule has 0 aliphatic rings. The molecule has 0 radical (unpaired) electrons. The van der Waals surface area contributed by atoms with E-state index < -0.39 is 0 Å². The van der Waals surface area contributed by atoms with Gasteiger partial charge in [0.2, 0.25) is 0 Å². The van der Waals surface area contributed by atoms with Crippen LogP contribution in [-0.4, -0.2) is 24.1 Å². The molecule has 1 aromatic heterocycles. The highest BCUT2D eigenvalue weighted by atomic mass is 15.1. The molecule has 0 fully saturated rings. The second-order valence-corrected chi connectivity index (χ2v) is 3.83. The first kappa shape index (κ1) is 11.4. The van der Waals surface area contributed by atoms with Crippen molar-refractivity contribution in [2.24, 2.45) is 0 Å². The van der Waals surface area contributed by atoms with Crippen LogP contribution in [-0.2, 0) is 6.54 Å². The van der Waals surface area contributed by atoms with E-state index in [0.717, 1.165) is 18.1 Å². The Balaban J connectivity index is 2.05. The molecule has 4 heteroatoms. The summed E-state index contributed by atoms with van der Waals surface area (Å²) in [6.07, 6.45) is 3.54. The highest BCUT2D eigenvalue weighted by Crippen LogP contribution is 2.13. The van der Waals surface area contributed by atoms with Crippen LogP contribution in [0.25, 0.3) is 0 Å². The number of nitrogens with one attached hydrogen (secondary N) is 1. The third-order valence-corrected chi connectivity index (χ3v) is 2.56. The van der Waals surface area contributed by atoms with Gasteiger partial charge in [0.15, 0.2) is 0 Å². The fourth-order valence-electron chi connectivity index (χ4n) is 1.58. The normalized spacial score (nSPS) is 10.0. The van der Waals surface area contributed by atoms with Gasteiger partial charge in [-0.25, -0.2) is 4.98 Å². The van der Waals surface area contributed by atoms with Crippen LogP contribution in [0.2, 0.25) is 0 Å². The average Bonchev–Trinajstić information content (AvgIpc) is 2.40. The molecule has 88 valence electrons. The van der Waals surface area contributed by atoms with Gasteiger partial charge in [0.05, 0.1) is 24.6 Å². The first-order valence-electron chi connectivity index (χ1n) is 5.54. The minimum Gasteiger partial charge on any atom is -0.372 e. The van der Waals surface area contributed by atoms with Crippen molar-refractivity contribution in [3.63, 3.8) is 0 Å². The van der Waals surface area contributed by atoms with Crippen LogP contribution in [0.1, 0.15) is 5.69 Å². The third kappa shape index (κ3) is 2.93. The molecule has 1 aromatic carbocycles. The van der Waals surface area contributed by atoms with Crippen molar-refractivity contribution in [3.8, 4) is 0 Å². The molecule has 0 amide bonds. The number of rotatable bonds is 4. The Hall–Kier alpha value is -2.10. The van der Waals surface area contributed by atoms with Crippen molar-refractivity contribution < 1.29 is 0 Å². The predicted molar refractivity (Wildman–Crippen MR) is 70.1 cm³/mol. The maximum absolute atomic E-state index is 4.35. The molecule has 1 N–H and O–H groups in total. The molecular weight excluding hydrogens is 212 g/mol. The molecule has 1 heterocycles. The number of anilines is 2. The number of hydrogen-bond acceptors (Lipinski definition) is 4. The summed E-state index contributed by atoms with van der Waals surface area (Å²) < 4.78 is 0. The van der Waals surface area contributed by atoms with Gasteiger partial charge in [-0.1, -0.05) is 18.2 Å². The highest BCUT2D eigenvalue weighted by molar-refractivity contribution is 5.45. The molecule has 0 bridgehead atoms. The number of aromatic nitrogens is 2. The molecule has 0 saturated carbocycles. The lowest BCUT2D eigenvalue weighted by molar-refractivity contribution is 0.874. The van der Waals surface area contributed by atoms with E-state index >= 15 is 0 Å². The fourth-order valence-corrected chi connectivity index (χ4v) is 1.58. The lowest BCUT2D eigenvalue weighted by atomic mass is 10.3. The molecule has 0 unspecified atom stereocenters. The average molecular weight is 228 g/mol. The number of hydrogen-bond donors (Lipinski definition) is 1. The Kier molecular flexibility index (Phi) is 3.55. The van der Waals surface area contributed by atoms with E-state index in [-0.39, 0.29) is 0 Å². The van der Waals surface area contributed by atoms with Gasteiger partial charge in [0.1, 0.15) is 5.82 Å². The number of para-hydroxylation sites is 1. The van der Waals surface area contributed by atoms with Gasteiger partial charge in [-0.3, -0.25) is 4.98 Å². The smallest absolute Gasteiger partial charge is 0.144 e. The summed E-state index contributed by atoms with van der Waals surface area (Å²) in [5.74, 6) is 0.788. The van der Waals surface area contributed by atoms with Gasteiger partial charge < -0.3 is 10.2 Å². The summed E-state index contributed by atoms with van der Waals surface area (Å²) in [5, 5.41) is 2.95. The van der Waals surface area contributed by atoms with Gasteiger partial charge in [-0.15, -0.1) is 0 Å². The Bertz CT molecular complexity index is 453. The van der Waals surface area contributed by atoms with E-state index in [2.05, 4.69) is 32.3 Å². The first-order valence-corrected chi connectivity index (χ1v) is 5.54. The standard InChI is InChI=1S/C13H16N4/c1-14-13-9-15-11(8-16-13)10-17(2)12-6-4-3-5-7-12/h3-9H,10H2,1-2H3,(H,14,16). The maximum Gasteiger partial charge on any atom is 0.144 e. The largest absolute Gasteiger partial charge is 0.372 e. The maximum atomic E-state index is 4.35. The highest BCUT2D eigenvalue weighted by Gasteiger charge is 2.02. The summed E-state index contributed by atoms with van der Waals surface area (Å²) in [6.45, 7) is 0.751. The van der Waals surface area contributed by atoms with Crippen molar-refractivity contribution in [3.05, 3.63) is 48.4 Å². The summed E-state index contributed by atoms with van der Waals surface area (Å²) in [4.78, 5) is 10.7. The zero-order valence-electron chi connectivity index (χ0n) is 10.1. The summed E-state index contributed by atoms with van der Waals surface area (Å²) in [6, 6.07) is 10.2. The minimum atomic E-state index is 0.751. The van der Waals surface area contributed by atoms with Gasteiger partial charge in [0, 0.05) is 19.8 Å². The summed E-state index contributed by atoms with van der Waals surface area (Å²) in [5.41, 5.74) is 2.13. The molecule has 0 saturated heterocycles. The SMILES string of the molecule is CNc1cnc(CN(C)c2ccccc2)cn1. The minimum absolute atomic E-state index is 0.751. The molecule has 2 rings (SSSR count). The topological polar surface area (TPSA) is 41.1 Å². The van der Waals surface area contributed by atoms with E-state index in [9.17, 15) is 0 Å². The van der Waals surface area contributed by atoms with Crippen molar-refractivity contribution >= 4 is 11.5 Å². The van der Waals surface area contributed by atoms with Crippen LogP contribution in [0.15, 0.2) is 42.7 Å². The van der Waals surface area contributed by atoms with Crippen LogP contribution in [0.3, 0.4) is 0 Å². The van der Waals surface area contributed by atoms with Crippen molar-refractivity contribution in [2.75, 3.05) is 24.3 Å². The summed E-state index contributed by atoms with van der Waals surface area (Å²) in [7, 11) is 3.88. The lowest BCUT2D eigenvalue weighted by Gasteiger charge is -2.18. The zero-order valence-corrected chi connectivity index (χ0v) is 10.1. The van der Waals surface area contributed by atoms with Crippen LogP contribution in [0.4, 0.5) is 11.5 Å². The van der Waals surface area contributed by atoms with E-state index in [0.29, 0.717) is 0 Å². The van der Waals surface area contributed by atoms with E-state index in [1.54, 1.807) is 12.4 Å². The predicted octanol–water partition coefficient (Wildman–Crippen LogP) is 2.15. The van der Waals surface area contributed by atoms with Gasteiger partial charge in [0.25, 0.3) is 0 Å². The number of benzene rings is 1. The Labute approximate surface area is 101 Å². The number of nitrogens with zero attached hydrogens (tertiary/aromatic N) is 3. The fraction of sp³-hybridized carbons (Fsp3) is 0.231. The molecule has 0 spiro atoms. The zero-order chi connectivity index (χ0) is 12.1. The molecule has 17 heavy (non-hydrogen) atoms. The van der Waals surface area contributed by atoms with E-state index in [1.807, 2.05) is 32.3 Å². The molecule has 2 aromatic rings. The molecular formula is C13H16N4. The Morgan fingerprint density at radius 1 is 1.12 bits per heavy atom. The van der Waals surface area contributed by atoms with Crippen LogP contribution in [0.5, 0.6) is 0 Å². The van der Waals surface area contributed by atoms with Gasteiger partial charge in [-0.05, 0) is 12.1 Å². The molecule has 0 aliphatic heterocycles. The first-order chi connectivity index (χ1) is 8.29. The van der Waals surface area contributed by atoms with Crippen molar-refractivity contribution in [1.29, 1.82) is 0 Å². The van der Waals surface area contributed by atoms with Crippen molar-refractivity contribution in [2.45, 2.75) is 6.54 Å². The Morgan fingerprint density at radius 2 is 1.88 bits per heavy atom. The third-order valence-electron chi connectivity index (χ3n) is 2.56. The van der Waals surface area contributed by atoms with Crippen LogP contribution < -0.4 is 10.2 Å². The van der Waals surface area contributed by atoms with E-state index in [4.69, 9.17) is 0 Å². The van der Waals surface area contributed by atoms with E-state index in [1.165, 1.54) is 5.69 Å². The molecule has 4 nitrogen and oxygen atoms in total. The monoisotopic (exact) mass is 228 g/mol. The quantitative estimate of drug-likeness (QED) is 0.870. The van der Waals surface area contributed by atoms with Crippen LogP contribution in [0, 0.1) is 0 Å². The van der Waals surface area contributed by atoms with Crippen LogP contribution >= 0.6 is 0 Å². The molecule has 0 aliphatic carbocycles. The van der Waals surface area contributed by atoms with Gasteiger partial charge >= 0.3 is 0 Å². The second-order valence-electron chi connectivity index (χ2n) is 3.83. The molecule has 0 atom stereocenters. The lowest BCUT2D eigenvalue weighted by Crippen LogP contribution is -2.17. The second kappa shape index (κ2) is 5.30.